The van der Waals surface area contributed by atoms with Crippen LogP contribution in [-0.4, -0.2) is 39.4 Å². The maximum atomic E-state index is 13.6. The Kier molecular flexibility index (Phi) is 6.78. The van der Waals surface area contributed by atoms with Crippen LogP contribution in [0.1, 0.15) is 25.5 Å². The van der Waals surface area contributed by atoms with Crippen LogP contribution in [0.5, 0.6) is 11.5 Å². The zero-order chi connectivity index (χ0) is 25.9. The molecule has 0 saturated carbocycles. The van der Waals surface area contributed by atoms with Gasteiger partial charge in [0, 0.05) is 17.5 Å². The minimum absolute atomic E-state index is 0.318. The third kappa shape index (κ3) is 4.73. The summed E-state index contributed by atoms with van der Waals surface area (Å²) in [5, 5.41) is 11.4. The van der Waals surface area contributed by atoms with Crippen molar-refractivity contribution in [2.75, 3.05) is 24.4 Å². The second-order valence-electron chi connectivity index (χ2n) is 8.26. The van der Waals surface area contributed by atoms with Crippen LogP contribution in [-0.2, 0) is 4.79 Å². The molecule has 1 atom stereocenters. The van der Waals surface area contributed by atoms with Crippen LogP contribution in [0.15, 0.2) is 78.1 Å². The predicted octanol–water partition coefficient (Wildman–Crippen LogP) is 5.33. The Bertz CT molecular complexity index is 1480. The minimum Gasteiger partial charge on any atom is -0.493 e. The summed E-state index contributed by atoms with van der Waals surface area (Å²) in [6.45, 7) is 4.23. The smallest absolute Gasteiger partial charge is 0.257 e. The number of amides is 1. The molecule has 0 spiro atoms. The number of hydrogen-bond donors (Lipinski definition) is 2. The highest BCUT2D eigenvalue weighted by molar-refractivity contribution is 6.33. The Hall–Kier alpha value is -4.37. The topological polar surface area (TPSA) is 103 Å². The van der Waals surface area contributed by atoms with Crippen molar-refractivity contribution in [3.8, 4) is 22.9 Å². The standard InChI is InChI=1S/C27H25ClN6O3/c1-4-37-20-13-12-17(15-21(20)36-3)24-23(26(35)31-22-11-7-8-14-29-22)16(2)30-27-32-25(33-34(24)27)18-9-5-6-10-19(18)28/h5-15,24H,4H2,1-3H3,(H,29,31,35)(H,30,32,33). The van der Waals surface area contributed by atoms with Crippen LogP contribution in [0.2, 0.25) is 5.02 Å². The Morgan fingerprint density at radius 2 is 1.95 bits per heavy atom. The number of nitrogens with one attached hydrogen (secondary N) is 2. The molecular formula is C27H25ClN6O3. The number of carbonyl (C=O) groups excluding carboxylic acids is 1. The van der Waals surface area contributed by atoms with E-state index in [1.165, 1.54) is 0 Å². The number of halogens is 1. The molecule has 0 bridgehead atoms. The van der Waals surface area contributed by atoms with E-state index >= 15 is 0 Å². The van der Waals surface area contributed by atoms with Gasteiger partial charge in [0.2, 0.25) is 5.95 Å². The Morgan fingerprint density at radius 3 is 2.68 bits per heavy atom. The van der Waals surface area contributed by atoms with Gasteiger partial charge in [-0.3, -0.25) is 4.79 Å². The molecule has 0 radical (unpaired) electrons. The molecule has 1 amide bonds. The van der Waals surface area contributed by atoms with Gasteiger partial charge in [-0.25, -0.2) is 9.67 Å². The molecule has 0 saturated heterocycles. The first-order chi connectivity index (χ1) is 18.0. The average molecular weight is 517 g/mol. The van der Waals surface area contributed by atoms with Crippen LogP contribution in [0.25, 0.3) is 11.4 Å². The molecule has 188 valence electrons. The lowest BCUT2D eigenvalue weighted by Gasteiger charge is -2.29. The Balaban J connectivity index is 1.64. The normalized spacial score (nSPS) is 14.5. The van der Waals surface area contributed by atoms with Crippen LogP contribution in [0.3, 0.4) is 0 Å². The summed E-state index contributed by atoms with van der Waals surface area (Å²) < 4.78 is 13.0. The maximum Gasteiger partial charge on any atom is 0.257 e. The van der Waals surface area contributed by atoms with Crippen LogP contribution in [0.4, 0.5) is 11.8 Å². The van der Waals surface area contributed by atoms with Crippen LogP contribution >= 0.6 is 11.6 Å². The number of carbonyl (C=O) groups is 1. The van der Waals surface area contributed by atoms with E-state index < -0.39 is 6.04 Å². The fourth-order valence-electron chi connectivity index (χ4n) is 4.26. The first-order valence-corrected chi connectivity index (χ1v) is 12.1. The summed E-state index contributed by atoms with van der Waals surface area (Å²) in [5.74, 6) is 2.21. The maximum absolute atomic E-state index is 13.6. The third-order valence-electron chi connectivity index (χ3n) is 5.92. The van der Waals surface area contributed by atoms with E-state index in [1.807, 2.05) is 56.3 Å². The van der Waals surface area contributed by atoms with Gasteiger partial charge >= 0.3 is 0 Å². The summed E-state index contributed by atoms with van der Waals surface area (Å²) in [7, 11) is 1.58. The second-order valence-corrected chi connectivity index (χ2v) is 8.67. The second kappa shape index (κ2) is 10.3. The third-order valence-corrected chi connectivity index (χ3v) is 6.25. The van der Waals surface area contributed by atoms with E-state index in [1.54, 1.807) is 36.2 Å². The molecule has 9 nitrogen and oxygen atoms in total. The van der Waals surface area contributed by atoms with Crippen molar-refractivity contribution >= 4 is 29.3 Å². The Labute approximate surface area is 219 Å². The summed E-state index contributed by atoms with van der Waals surface area (Å²) in [6.07, 6.45) is 1.62. The number of allylic oxidation sites excluding steroid dienone is 1. The van der Waals surface area contributed by atoms with Gasteiger partial charge in [0.05, 0.1) is 24.3 Å². The number of fused-ring (bicyclic) bond motifs is 1. The van der Waals surface area contributed by atoms with E-state index in [4.69, 9.17) is 31.2 Å². The molecule has 10 heteroatoms. The number of benzene rings is 2. The number of methoxy groups -OCH3 is 1. The van der Waals surface area contributed by atoms with Crippen molar-refractivity contribution in [1.82, 2.24) is 19.7 Å². The van der Waals surface area contributed by atoms with Crippen molar-refractivity contribution in [2.24, 2.45) is 0 Å². The number of ether oxygens (including phenoxy) is 2. The number of hydrogen-bond acceptors (Lipinski definition) is 7. The van der Waals surface area contributed by atoms with E-state index in [0.29, 0.717) is 57.6 Å². The molecule has 1 aliphatic heterocycles. The van der Waals surface area contributed by atoms with Crippen molar-refractivity contribution in [1.29, 1.82) is 0 Å². The average Bonchev–Trinajstić information content (AvgIpc) is 3.32. The highest BCUT2D eigenvalue weighted by Gasteiger charge is 2.35. The van der Waals surface area contributed by atoms with Crippen molar-refractivity contribution in [2.45, 2.75) is 19.9 Å². The zero-order valence-corrected chi connectivity index (χ0v) is 21.3. The van der Waals surface area contributed by atoms with Gasteiger partial charge in [0.15, 0.2) is 17.3 Å². The monoisotopic (exact) mass is 516 g/mol. The van der Waals surface area contributed by atoms with Crippen LogP contribution in [0, 0.1) is 0 Å². The molecule has 3 heterocycles. The molecule has 1 unspecified atom stereocenters. The molecule has 5 rings (SSSR count). The minimum atomic E-state index is -0.617. The first kappa shape index (κ1) is 24.3. The van der Waals surface area contributed by atoms with Gasteiger partial charge in [-0.15, -0.1) is 5.10 Å². The lowest BCUT2D eigenvalue weighted by molar-refractivity contribution is -0.113. The van der Waals surface area contributed by atoms with E-state index in [9.17, 15) is 4.79 Å². The molecule has 37 heavy (non-hydrogen) atoms. The largest absolute Gasteiger partial charge is 0.493 e. The molecule has 2 aromatic carbocycles. The number of pyridine rings is 1. The fourth-order valence-corrected chi connectivity index (χ4v) is 4.48. The summed E-state index contributed by atoms with van der Waals surface area (Å²) in [6, 6.07) is 17.6. The summed E-state index contributed by atoms with van der Waals surface area (Å²) in [5.41, 5.74) is 2.55. The molecular weight excluding hydrogens is 492 g/mol. The number of rotatable bonds is 7. The van der Waals surface area contributed by atoms with Gasteiger partial charge in [-0.1, -0.05) is 35.9 Å². The molecule has 2 N–H and O–H groups in total. The molecule has 0 fully saturated rings. The lowest BCUT2D eigenvalue weighted by atomic mass is 9.94. The van der Waals surface area contributed by atoms with Gasteiger partial charge in [-0.2, -0.15) is 4.98 Å². The Morgan fingerprint density at radius 1 is 1.14 bits per heavy atom. The predicted molar refractivity (Wildman–Crippen MR) is 142 cm³/mol. The van der Waals surface area contributed by atoms with Gasteiger partial charge in [-0.05, 0) is 55.8 Å². The molecule has 1 aliphatic rings. The van der Waals surface area contributed by atoms with Gasteiger partial charge in [0.25, 0.3) is 5.91 Å². The zero-order valence-electron chi connectivity index (χ0n) is 20.5. The molecule has 4 aromatic rings. The number of nitrogens with zero attached hydrogens (tertiary/aromatic N) is 4. The SMILES string of the molecule is CCOc1ccc(C2C(C(=O)Nc3ccccn3)=C(C)Nc3nc(-c4ccccc4Cl)nn32)cc1OC. The van der Waals surface area contributed by atoms with Gasteiger partial charge in [0.1, 0.15) is 11.9 Å². The summed E-state index contributed by atoms with van der Waals surface area (Å²) in [4.78, 5) is 22.6. The van der Waals surface area contributed by atoms with Crippen molar-refractivity contribution in [3.63, 3.8) is 0 Å². The van der Waals surface area contributed by atoms with Gasteiger partial charge < -0.3 is 20.1 Å². The summed E-state index contributed by atoms with van der Waals surface area (Å²) >= 11 is 6.44. The number of anilines is 2. The fraction of sp³-hybridized carbons (Fsp3) is 0.185. The van der Waals surface area contributed by atoms with Crippen molar-refractivity contribution < 1.29 is 14.3 Å². The van der Waals surface area contributed by atoms with Crippen LogP contribution < -0.4 is 20.1 Å². The van der Waals surface area contributed by atoms with E-state index in [2.05, 4.69) is 15.6 Å². The lowest BCUT2D eigenvalue weighted by Crippen LogP contribution is -2.31. The van der Waals surface area contributed by atoms with Crippen molar-refractivity contribution in [3.05, 3.63) is 88.7 Å². The quantitative estimate of drug-likeness (QED) is 0.342. The molecule has 0 aliphatic carbocycles. The highest BCUT2D eigenvalue weighted by atomic mass is 35.5. The highest BCUT2D eigenvalue weighted by Crippen LogP contribution is 2.40. The van der Waals surface area contributed by atoms with E-state index in [-0.39, 0.29) is 5.91 Å². The van der Waals surface area contributed by atoms with E-state index in [0.717, 1.165) is 5.56 Å². The number of aromatic nitrogens is 4. The first-order valence-electron chi connectivity index (χ1n) is 11.7. The molecule has 2 aromatic heterocycles.